The zero-order chi connectivity index (χ0) is 15.4. The van der Waals surface area contributed by atoms with Crippen LogP contribution in [0.4, 0.5) is 0 Å². The van der Waals surface area contributed by atoms with Crippen molar-refractivity contribution >= 4 is 21.8 Å². The van der Waals surface area contributed by atoms with E-state index in [4.69, 9.17) is 4.42 Å². The van der Waals surface area contributed by atoms with Crippen LogP contribution in [0.25, 0.3) is 0 Å². The largest absolute Gasteiger partial charge is 0.464 e. The molecular formula is C13H24N2O3S2. The third-order valence-corrected chi connectivity index (χ3v) is 5.76. The van der Waals surface area contributed by atoms with Gasteiger partial charge in [-0.15, -0.1) is 0 Å². The van der Waals surface area contributed by atoms with Gasteiger partial charge in [0.25, 0.3) is 0 Å². The molecule has 0 unspecified atom stereocenters. The molecule has 0 bridgehead atoms. The summed E-state index contributed by atoms with van der Waals surface area (Å²) in [4.78, 5) is 0.224. The highest BCUT2D eigenvalue weighted by atomic mass is 32.2. The van der Waals surface area contributed by atoms with Crippen LogP contribution in [-0.4, -0.2) is 32.5 Å². The van der Waals surface area contributed by atoms with E-state index in [1.165, 1.54) is 0 Å². The Morgan fingerprint density at radius 2 is 2.05 bits per heavy atom. The van der Waals surface area contributed by atoms with Gasteiger partial charge in [-0.2, -0.15) is 11.8 Å². The second-order valence-electron chi connectivity index (χ2n) is 5.20. The molecular weight excluding hydrogens is 296 g/mol. The van der Waals surface area contributed by atoms with Crippen LogP contribution in [0, 0.1) is 6.92 Å². The fourth-order valence-corrected chi connectivity index (χ4v) is 3.27. The van der Waals surface area contributed by atoms with E-state index >= 15 is 0 Å². The Kier molecular flexibility index (Phi) is 6.12. The predicted molar refractivity (Wildman–Crippen MR) is 83.6 cm³/mol. The van der Waals surface area contributed by atoms with Crippen LogP contribution in [0.5, 0.6) is 0 Å². The van der Waals surface area contributed by atoms with Crippen LogP contribution < -0.4 is 10.0 Å². The van der Waals surface area contributed by atoms with Gasteiger partial charge in [0.15, 0.2) is 0 Å². The number of thioether (sulfide) groups is 1. The second-order valence-corrected chi connectivity index (χ2v) is 8.45. The molecule has 0 amide bonds. The van der Waals surface area contributed by atoms with Gasteiger partial charge in [-0.3, -0.25) is 0 Å². The zero-order valence-electron chi connectivity index (χ0n) is 12.7. The maximum Gasteiger partial charge on any atom is 0.244 e. The number of aryl methyl sites for hydroxylation is 1. The number of rotatable bonds is 8. The molecule has 20 heavy (non-hydrogen) atoms. The second kappa shape index (κ2) is 6.98. The van der Waals surface area contributed by atoms with Gasteiger partial charge in [0, 0.05) is 17.4 Å². The van der Waals surface area contributed by atoms with Crippen LogP contribution in [0.3, 0.4) is 0 Å². The number of hydrogen-bond donors (Lipinski definition) is 2. The van der Waals surface area contributed by atoms with Crippen molar-refractivity contribution in [1.82, 2.24) is 10.0 Å². The first kappa shape index (κ1) is 17.6. The van der Waals surface area contributed by atoms with E-state index < -0.39 is 10.0 Å². The van der Waals surface area contributed by atoms with Crippen molar-refractivity contribution < 1.29 is 12.8 Å². The highest BCUT2D eigenvalue weighted by Crippen LogP contribution is 2.23. The first-order valence-electron chi connectivity index (χ1n) is 6.56. The summed E-state index contributed by atoms with van der Waals surface area (Å²) in [5.74, 6) is 1.06. The Labute approximate surface area is 125 Å². The van der Waals surface area contributed by atoms with Crippen LogP contribution >= 0.6 is 11.8 Å². The van der Waals surface area contributed by atoms with E-state index in [0.717, 1.165) is 6.54 Å². The average molecular weight is 320 g/mol. The number of sulfonamides is 1. The highest BCUT2D eigenvalue weighted by molar-refractivity contribution is 8.00. The maximum atomic E-state index is 12.3. The molecule has 0 saturated carbocycles. The molecule has 1 rings (SSSR count). The Hall–Kier alpha value is -0.500. The van der Waals surface area contributed by atoms with Gasteiger partial charge < -0.3 is 9.73 Å². The highest BCUT2D eigenvalue weighted by Gasteiger charge is 2.24. The topological polar surface area (TPSA) is 71.3 Å². The Bertz CT molecular complexity index is 536. The lowest BCUT2D eigenvalue weighted by molar-refractivity contribution is 0.460. The molecule has 0 aliphatic carbocycles. The number of furan rings is 1. The Morgan fingerprint density at radius 1 is 1.40 bits per heavy atom. The summed E-state index contributed by atoms with van der Waals surface area (Å²) in [5.41, 5.74) is 0. The lowest BCUT2D eigenvalue weighted by atomic mass is 10.2. The summed E-state index contributed by atoms with van der Waals surface area (Å²) >= 11 is 1.62. The standard InChI is InChI=1S/C13H24N2O3S2/c1-6-14-8-11-7-12(10(2)18-11)20(16,17)15-9-13(3,4)19-5/h7,14-15H,6,8-9H2,1-5H3. The van der Waals surface area contributed by atoms with E-state index in [0.29, 0.717) is 24.6 Å². The molecule has 7 heteroatoms. The molecule has 0 aliphatic rings. The minimum Gasteiger partial charge on any atom is -0.464 e. The first-order valence-corrected chi connectivity index (χ1v) is 9.27. The van der Waals surface area contributed by atoms with E-state index in [-0.39, 0.29) is 9.64 Å². The van der Waals surface area contributed by atoms with Crippen LogP contribution in [-0.2, 0) is 16.6 Å². The molecule has 0 aliphatic heterocycles. The lowest BCUT2D eigenvalue weighted by Gasteiger charge is -2.21. The van der Waals surface area contributed by atoms with Crippen LogP contribution in [0.1, 0.15) is 32.3 Å². The fourth-order valence-electron chi connectivity index (χ4n) is 1.55. The molecule has 0 fully saturated rings. The average Bonchev–Trinajstić information content (AvgIpc) is 2.76. The normalized spacial score (nSPS) is 12.8. The monoisotopic (exact) mass is 320 g/mol. The summed E-state index contributed by atoms with van der Waals surface area (Å²) in [6.45, 7) is 9.37. The third kappa shape index (κ3) is 4.80. The summed E-state index contributed by atoms with van der Waals surface area (Å²) in [5, 5.41) is 3.11. The van der Waals surface area contributed by atoms with Gasteiger partial charge in [-0.25, -0.2) is 13.1 Å². The lowest BCUT2D eigenvalue weighted by Crippen LogP contribution is -2.36. The third-order valence-electron chi connectivity index (χ3n) is 3.00. The number of nitrogens with one attached hydrogen (secondary N) is 2. The van der Waals surface area contributed by atoms with Crippen LogP contribution in [0.15, 0.2) is 15.4 Å². The van der Waals surface area contributed by atoms with Gasteiger partial charge in [-0.1, -0.05) is 6.92 Å². The molecule has 1 heterocycles. The van der Waals surface area contributed by atoms with Gasteiger partial charge in [0.1, 0.15) is 16.4 Å². The molecule has 0 saturated heterocycles. The quantitative estimate of drug-likeness (QED) is 0.768. The Balaban J connectivity index is 2.84. The summed E-state index contributed by atoms with van der Waals surface area (Å²) in [6, 6.07) is 1.59. The van der Waals surface area contributed by atoms with Gasteiger partial charge in [-0.05, 0) is 33.6 Å². The van der Waals surface area contributed by atoms with E-state index in [2.05, 4.69) is 10.0 Å². The molecule has 0 atom stereocenters. The minimum absolute atomic E-state index is 0.142. The molecule has 0 spiro atoms. The number of hydrogen-bond acceptors (Lipinski definition) is 5. The van der Waals surface area contributed by atoms with Gasteiger partial charge in [0.05, 0.1) is 6.54 Å². The van der Waals surface area contributed by atoms with Crippen molar-refractivity contribution in [1.29, 1.82) is 0 Å². The smallest absolute Gasteiger partial charge is 0.244 e. The van der Waals surface area contributed by atoms with Crippen molar-refractivity contribution in [2.75, 3.05) is 19.3 Å². The Morgan fingerprint density at radius 3 is 2.60 bits per heavy atom. The van der Waals surface area contributed by atoms with Crippen molar-refractivity contribution in [2.24, 2.45) is 0 Å². The molecule has 2 N–H and O–H groups in total. The van der Waals surface area contributed by atoms with E-state index in [9.17, 15) is 8.42 Å². The van der Waals surface area contributed by atoms with Gasteiger partial charge >= 0.3 is 0 Å². The fraction of sp³-hybridized carbons (Fsp3) is 0.692. The minimum atomic E-state index is -3.52. The summed E-state index contributed by atoms with van der Waals surface area (Å²) in [7, 11) is -3.52. The van der Waals surface area contributed by atoms with Crippen molar-refractivity contribution in [2.45, 2.75) is 43.9 Å². The van der Waals surface area contributed by atoms with Crippen molar-refractivity contribution in [3.05, 3.63) is 17.6 Å². The molecule has 5 nitrogen and oxygen atoms in total. The molecule has 1 aromatic rings. The predicted octanol–water partition coefficient (Wildman–Crippen LogP) is 2.12. The first-order chi connectivity index (χ1) is 9.22. The van der Waals surface area contributed by atoms with Crippen LogP contribution in [0.2, 0.25) is 0 Å². The molecule has 0 radical (unpaired) electrons. The zero-order valence-corrected chi connectivity index (χ0v) is 14.4. The molecule has 0 aromatic carbocycles. The van der Waals surface area contributed by atoms with E-state index in [1.54, 1.807) is 24.8 Å². The molecule has 1 aromatic heterocycles. The molecule has 116 valence electrons. The SMILES string of the molecule is CCNCc1cc(S(=O)(=O)NCC(C)(C)SC)c(C)o1. The van der Waals surface area contributed by atoms with E-state index in [1.807, 2.05) is 27.0 Å². The summed E-state index contributed by atoms with van der Waals surface area (Å²) in [6.07, 6.45) is 1.96. The van der Waals surface area contributed by atoms with Crippen molar-refractivity contribution in [3.8, 4) is 0 Å². The van der Waals surface area contributed by atoms with Gasteiger partial charge in [0.2, 0.25) is 10.0 Å². The maximum absolute atomic E-state index is 12.3. The summed E-state index contributed by atoms with van der Waals surface area (Å²) < 4.78 is 32.6. The van der Waals surface area contributed by atoms with Crippen molar-refractivity contribution in [3.63, 3.8) is 0 Å².